The minimum Gasteiger partial charge on any atom is -0.321 e. The van der Waals surface area contributed by atoms with Gasteiger partial charge >= 0.3 is 0 Å². The highest BCUT2D eigenvalue weighted by Gasteiger charge is 2.14. The molecule has 0 saturated heterocycles. The summed E-state index contributed by atoms with van der Waals surface area (Å²) < 4.78 is 1.69. The fraction of sp³-hybridized carbons (Fsp3) is 0.308. The predicted molar refractivity (Wildman–Crippen MR) is 74.5 cm³/mol. The summed E-state index contributed by atoms with van der Waals surface area (Å²) in [5, 5.41) is 7.48. The average Bonchev–Trinajstić information content (AvgIpc) is 2.82. The van der Waals surface area contributed by atoms with Gasteiger partial charge in [0.1, 0.15) is 10.8 Å². The summed E-state index contributed by atoms with van der Waals surface area (Å²) in [6, 6.07) is 5.10. The molecule has 2 heterocycles. The van der Waals surface area contributed by atoms with Crippen molar-refractivity contribution in [2.24, 2.45) is 0 Å². The zero-order valence-electron chi connectivity index (χ0n) is 10.9. The number of nitrogens with zero attached hydrogens (tertiary/aromatic N) is 3. The lowest BCUT2D eigenvalue weighted by atomic mass is 10.3. The van der Waals surface area contributed by atoms with Crippen LogP contribution in [0.15, 0.2) is 24.4 Å². The molecule has 0 aliphatic rings. The van der Waals surface area contributed by atoms with Gasteiger partial charge in [0.2, 0.25) is 0 Å². The van der Waals surface area contributed by atoms with Crippen molar-refractivity contribution in [1.82, 2.24) is 14.8 Å². The lowest BCUT2D eigenvalue weighted by Crippen LogP contribution is -2.17. The molecule has 0 atom stereocenters. The van der Waals surface area contributed by atoms with Crippen molar-refractivity contribution >= 4 is 23.2 Å². The third-order valence-electron chi connectivity index (χ3n) is 2.71. The van der Waals surface area contributed by atoms with E-state index in [4.69, 9.17) is 11.6 Å². The minimum absolute atomic E-state index is 0.198. The Kier molecular flexibility index (Phi) is 4.16. The second-order valence-corrected chi connectivity index (χ2v) is 4.40. The number of aromatic nitrogens is 3. The van der Waals surface area contributed by atoms with Crippen LogP contribution in [0.1, 0.15) is 30.0 Å². The predicted octanol–water partition coefficient (Wildman–Crippen LogP) is 2.77. The maximum atomic E-state index is 12.2. The quantitative estimate of drug-likeness (QED) is 0.875. The number of aryl methyl sites for hydroxylation is 2. The van der Waals surface area contributed by atoms with Crippen LogP contribution in [0.5, 0.6) is 0 Å². The van der Waals surface area contributed by atoms with E-state index in [1.54, 1.807) is 23.0 Å². The van der Waals surface area contributed by atoms with E-state index in [0.29, 0.717) is 23.1 Å². The van der Waals surface area contributed by atoms with Crippen LogP contribution >= 0.6 is 11.6 Å². The normalized spacial score (nSPS) is 10.5. The highest BCUT2D eigenvalue weighted by atomic mass is 35.5. The molecule has 1 amide bonds. The van der Waals surface area contributed by atoms with E-state index in [9.17, 15) is 4.79 Å². The zero-order valence-corrected chi connectivity index (χ0v) is 11.6. The van der Waals surface area contributed by atoms with Crippen LogP contribution < -0.4 is 5.32 Å². The summed E-state index contributed by atoms with van der Waals surface area (Å²) in [5.74, 6) is -0.198. The number of hydrogen-bond acceptors (Lipinski definition) is 3. The Labute approximate surface area is 116 Å². The van der Waals surface area contributed by atoms with E-state index in [0.717, 1.165) is 12.1 Å². The average molecular weight is 279 g/mol. The van der Waals surface area contributed by atoms with Gasteiger partial charge in [-0.2, -0.15) is 5.10 Å². The standard InChI is InChI=1S/C13H15ClN4O/c1-3-9-7-11(18(4-2)17-9)13(19)16-10-5-6-15-12(14)8-10/h5-8H,3-4H2,1-2H3,(H,15,16,19). The summed E-state index contributed by atoms with van der Waals surface area (Å²) in [6.45, 7) is 4.61. The van der Waals surface area contributed by atoms with Crippen molar-refractivity contribution in [2.75, 3.05) is 5.32 Å². The van der Waals surface area contributed by atoms with E-state index < -0.39 is 0 Å². The van der Waals surface area contributed by atoms with Crippen LogP contribution in [0.25, 0.3) is 0 Å². The molecule has 5 nitrogen and oxygen atoms in total. The van der Waals surface area contributed by atoms with Crippen LogP contribution in [-0.4, -0.2) is 20.7 Å². The highest BCUT2D eigenvalue weighted by molar-refractivity contribution is 6.29. The number of carbonyl (C=O) groups is 1. The molecule has 2 aromatic rings. The Balaban J connectivity index is 2.22. The van der Waals surface area contributed by atoms with Crippen molar-refractivity contribution in [3.63, 3.8) is 0 Å². The number of rotatable bonds is 4. The van der Waals surface area contributed by atoms with E-state index in [1.807, 2.05) is 19.9 Å². The number of hydrogen-bond donors (Lipinski definition) is 1. The first-order chi connectivity index (χ1) is 9.13. The fourth-order valence-corrected chi connectivity index (χ4v) is 1.92. The summed E-state index contributed by atoms with van der Waals surface area (Å²) >= 11 is 5.78. The van der Waals surface area contributed by atoms with Crippen LogP contribution in [0.3, 0.4) is 0 Å². The van der Waals surface area contributed by atoms with Crippen LogP contribution in [0.4, 0.5) is 5.69 Å². The third-order valence-corrected chi connectivity index (χ3v) is 2.92. The van der Waals surface area contributed by atoms with Gasteiger partial charge in [-0.05, 0) is 31.5 Å². The van der Waals surface area contributed by atoms with E-state index in [1.165, 1.54) is 0 Å². The number of amides is 1. The van der Waals surface area contributed by atoms with Gasteiger partial charge in [-0.3, -0.25) is 9.48 Å². The molecule has 19 heavy (non-hydrogen) atoms. The molecule has 100 valence electrons. The molecule has 0 saturated carbocycles. The van der Waals surface area contributed by atoms with E-state index in [-0.39, 0.29) is 5.91 Å². The Morgan fingerprint density at radius 2 is 2.21 bits per heavy atom. The topological polar surface area (TPSA) is 59.8 Å². The van der Waals surface area contributed by atoms with Gasteiger partial charge in [0.25, 0.3) is 5.91 Å². The lowest BCUT2D eigenvalue weighted by molar-refractivity contribution is 0.101. The summed E-state index contributed by atoms with van der Waals surface area (Å²) in [6.07, 6.45) is 2.35. The number of nitrogens with one attached hydrogen (secondary N) is 1. The van der Waals surface area contributed by atoms with Crippen LogP contribution in [-0.2, 0) is 13.0 Å². The monoisotopic (exact) mass is 278 g/mol. The molecule has 0 radical (unpaired) electrons. The molecule has 6 heteroatoms. The van der Waals surface area contributed by atoms with Crippen LogP contribution in [0, 0.1) is 0 Å². The maximum Gasteiger partial charge on any atom is 0.273 e. The second-order valence-electron chi connectivity index (χ2n) is 4.01. The van der Waals surface area contributed by atoms with Gasteiger partial charge in [-0.25, -0.2) is 4.98 Å². The molecule has 2 aromatic heterocycles. The van der Waals surface area contributed by atoms with Crippen molar-refractivity contribution in [2.45, 2.75) is 26.8 Å². The van der Waals surface area contributed by atoms with Gasteiger partial charge in [0.15, 0.2) is 0 Å². The van der Waals surface area contributed by atoms with Crippen molar-refractivity contribution in [3.8, 4) is 0 Å². The van der Waals surface area contributed by atoms with E-state index in [2.05, 4.69) is 15.4 Å². The van der Waals surface area contributed by atoms with Gasteiger partial charge < -0.3 is 5.32 Å². The zero-order chi connectivity index (χ0) is 13.8. The summed E-state index contributed by atoms with van der Waals surface area (Å²) in [4.78, 5) is 16.1. The molecule has 1 N–H and O–H groups in total. The molecule has 0 fully saturated rings. The first-order valence-electron chi connectivity index (χ1n) is 6.13. The Hall–Kier alpha value is -1.88. The van der Waals surface area contributed by atoms with Crippen LogP contribution in [0.2, 0.25) is 5.15 Å². The van der Waals surface area contributed by atoms with Gasteiger partial charge in [0, 0.05) is 18.4 Å². The molecular weight excluding hydrogens is 264 g/mol. The molecule has 0 unspecified atom stereocenters. The Morgan fingerprint density at radius 1 is 1.42 bits per heavy atom. The summed E-state index contributed by atoms with van der Waals surface area (Å²) in [5.41, 5.74) is 2.07. The molecule has 2 rings (SSSR count). The number of anilines is 1. The first-order valence-corrected chi connectivity index (χ1v) is 6.51. The number of carbonyl (C=O) groups excluding carboxylic acids is 1. The fourth-order valence-electron chi connectivity index (χ4n) is 1.74. The highest BCUT2D eigenvalue weighted by Crippen LogP contribution is 2.14. The molecule has 0 aliphatic heterocycles. The number of halogens is 1. The molecule has 0 bridgehead atoms. The maximum absolute atomic E-state index is 12.2. The minimum atomic E-state index is -0.198. The SMILES string of the molecule is CCc1cc(C(=O)Nc2ccnc(Cl)c2)n(CC)n1. The van der Waals surface area contributed by atoms with Gasteiger partial charge in [-0.15, -0.1) is 0 Å². The van der Waals surface area contributed by atoms with Gasteiger partial charge in [-0.1, -0.05) is 18.5 Å². The molecule has 0 aliphatic carbocycles. The van der Waals surface area contributed by atoms with Gasteiger partial charge in [0.05, 0.1) is 5.69 Å². The molecule has 0 aromatic carbocycles. The molecule has 0 spiro atoms. The van der Waals surface area contributed by atoms with E-state index >= 15 is 0 Å². The second kappa shape index (κ2) is 5.84. The van der Waals surface area contributed by atoms with Crippen molar-refractivity contribution in [1.29, 1.82) is 0 Å². The Bertz CT molecular complexity index is 594. The van der Waals surface area contributed by atoms with Crippen molar-refractivity contribution < 1.29 is 4.79 Å². The molecular formula is C13H15ClN4O. The van der Waals surface area contributed by atoms with Crippen molar-refractivity contribution in [3.05, 3.63) is 40.9 Å². The summed E-state index contributed by atoms with van der Waals surface area (Å²) in [7, 11) is 0. The largest absolute Gasteiger partial charge is 0.321 e. The third kappa shape index (κ3) is 3.12. The Morgan fingerprint density at radius 3 is 2.84 bits per heavy atom. The first kappa shape index (κ1) is 13.5. The smallest absolute Gasteiger partial charge is 0.273 e. The lowest BCUT2D eigenvalue weighted by Gasteiger charge is -2.06. The number of pyridine rings is 1.